The number of carbonyl (C=O) groups is 1. The molecule has 0 aliphatic rings. The molecule has 0 saturated carbocycles. The molecule has 6 N–H and O–H groups in total. The van der Waals surface area contributed by atoms with E-state index in [1.165, 1.54) is 18.2 Å². The minimum absolute atomic E-state index is 0.0642. The number of benzene rings is 1. The van der Waals surface area contributed by atoms with Crippen LogP contribution in [-0.4, -0.2) is 27.5 Å². The molecule has 0 spiro atoms. The van der Waals surface area contributed by atoms with Gasteiger partial charge in [0.1, 0.15) is 0 Å². The molecule has 100 valence electrons. The maximum atomic E-state index is 11.8. The number of nitrogens with one attached hydrogen (secondary N) is 2. The van der Waals surface area contributed by atoms with Gasteiger partial charge in [0.15, 0.2) is 0 Å². The molecular formula is C10H16N4O3S. The lowest BCUT2D eigenvalue weighted by molar-refractivity contribution is 0.249. The topological polar surface area (TPSA) is 127 Å². The Balaban J connectivity index is 2.68. The molecule has 0 bridgehead atoms. The third-order valence-electron chi connectivity index (χ3n) is 2.27. The quantitative estimate of drug-likeness (QED) is 0.426. The summed E-state index contributed by atoms with van der Waals surface area (Å²) in [7, 11) is -3.60. The molecule has 0 unspecified atom stereocenters. The zero-order valence-corrected chi connectivity index (χ0v) is 10.8. The Bertz CT molecular complexity index is 542. The van der Waals surface area contributed by atoms with Gasteiger partial charge in [-0.1, -0.05) is 0 Å². The van der Waals surface area contributed by atoms with E-state index in [0.29, 0.717) is 11.3 Å². The fourth-order valence-corrected chi connectivity index (χ4v) is 2.39. The predicted molar refractivity (Wildman–Crippen MR) is 68.4 cm³/mol. The summed E-state index contributed by atoms with van der Waals surface area (Å²) in [5.74, 6) is 0. The van der Waals surface area contributed by atoms with Crippen molar-refractivity contribution >= 4 is 21.7 Å². The van der Waals surface area contributed by atoms with Crippen molar-refractivity contribution in [3.8, 4) is 0 Å². The van der Waals surface area contributed by atoms with Gasteiger partial charge in [0.25, 0.3) is 0 Å². The number of nitrogens with two attached hydrogens (primary N) is 2. The van der Waals surface area contributed by atoms with Crippen molar-refractivity contribution in [3.63, 3.8) is 0 Å². The van der Waals surface area contributed by atoms with Crippen molar-refractivity contribution in [2.24, 2.45) is 5.73 Å². The molecule has 0 heterocycles. The minimum atomic E-state index is -3.60. The van der Waals surface area contributed by atoms with Crippen LogP contribution in [0.15, 0.2) is 23.1 Å². The molecule has 7 nitrogen and oxygen atoms in total. The summed E-state index contributed by atoms with van der Waals surface area (Å²) in [6.07, 6.45) is 0. The first-order chi connectivity index (χ1) is 8.33. The van der Waals surface area contributed by atoms with Crippen LogP contribution in [0.2, 0.25) is 0 Å². The molecule has 0 aliphatic heterocycles. The number of amides is 2. The van der Waals surface area contributed by atoms with E-state index >= 15 is 0 Å². The number of carbonyl (C=O) groups excluding carboxylic acids is 1. The Morgan fingerprint density at radius 3 is 2.56 bits per heavy atom. The first-order valence-electron chi connectivity index (χ1n) is 5.22. The van der Waals surface area contributed by atoms with Crippen molar-refractivity contribution < 1.29 is 13.2 Å². The van der Waals surface area contributed by atoms with Crippen LogP contribution in [0.4, 0.5) is 10.5 Å². The standard InChI is InChI=1S/C10H16N4O3S/c1-7-6-8(2-3-9(7)11)18(16,17)14-5-4-13-10(12)15/h2-3,6,14H,4-5,11H2,1H3,(H3,12,13,15). The maximum absolute atomic E-state index is 11.8. The number of anilines is 1. The number of urea groups is 1. The van der Waals surface area contributed by atoms with Gasteiger partial charge in [0.05, 0.1) is 4.90 Å². The summed E-state index contributed by atoms with van der Waals surface area (Å²) < 4.78 is 26.0. The Labute approximate surface area is 106 Å². The van der Waals surface area contributed by atoms with Gasteiger partial charge in [-0.2, -0.15) is 0 Å². The van der Waals surface area contributed by atoms with Crippen LogP contribution in [-0.2, 0) is 10.0 Å². The molecule has 0 aromatic heterocycles. The SMILES string of the molecule is Cc1cc(S(=O)(=O)NCCNC(N)=O)ccc1N. The second kappa shape index (κ2) is 5.69. The van der Waals surface area contributed by atoms with Crippen molar-refractivity contribution in [2.45, 2.75) is 11.8 Å². The third kappa shape index (κ3) is 3.90. The van der Waals surface area contributed by atoms with Crippen molar-refractivity contribution in [1.82, 2.24) is 10.0 Å². The second-order valence-corrected chi connectivity index (χ2v) is 5.47. The summed E-state index contributed by atoms with van der Waals surface area (Å²) in [4.78, 5) is 10.5. The Morgan fingerprint density at radius 2 is 2.00 bits per heavy atom. The van der Waals surface area contributed by atoms with E-state index in [2.05, 4.69) is 10.0 Å². The molecule has 0 atom stereocenters. The lowest BCUT2D eigenvalue weighted by atomic mass is 10.2. The van der Waals surface area contributed by atoms with E-state index in [1.807, 2.05) is 0 Å². The number of primary amides is 1. The highest BCUT2D eigenvalue weighted by Crippen LogP contribution is 2.16. The number of aryl methyl sites for hydroxylation is 1. The van der Waals surface area contributed by atoms with Crippen LogP contribution in [0.1, 0.15) is 5.56 Å². The Morgan fingerprint density at radius 1 is 1.33 bits per heavy atom. The molecule has 0 fully saturated rings. The lowest BCUT2D eigenvalue weighted by Gasteiger charge is -2.08. The average molecular weight is 272 g/mol. The number of nitrogen functional groups attached to an aromatic ring is 1. The molecule has 0 saturated heterocycles. The fourth-order valence-electron chi connectivity index (χ4n) is 1.27. The Kier molecular flexibility index (Phi) is 4.51. The maximum Gasteiger partial charge on any atom is 0.312 e. The normalized spacial score (nSPS) is 11.2. The molecule has 1 rings (SSSR count). The van der Waals surface area contributed by atoms with Crippen LogP contribution in [0.3, 0.4) is 0 Å². The van der Waals surface area contributed by atoms with E-state index in [0.717, 1.165) is 0 Å². The van der Waals surface area contributed by atoms with E-state index in [-0.39, 0.29) is 18.0 Å². The zero-order chi connectivity index (χ0) is 13.8. The van der Waals surface area contributed by atoms with Gasteiger partial charge in [-0.15, -0.1) is 0 Å². The monoisotopic (exact) mass is 272 g/mol. The molecule has 1 aromatic rings. The predicted octanol–water partition coefficient (Wildman–Crippen LogP) is -0.476. The highest BCUT2D eigenvalue weighted by atomic mass is 32.2. The van der Waals surface area contributed by atoms with Crippen LogP contribution in [0, 0.1) is 6.92 Å². The molecule has 18 heavy (non-hydrogen) atoms. The van der Waals surface area contributed by atoms with Crippen molar-refractivity contribution in [3.05, 3.63) is 23.8 Å². The zero-order valence-electron chi connectivity index (χ0n) is 9.93. The first-order valence-corrected chi connectivity index (χ1v) is 6.70. The van der Waals surface area contributed by atoms with Gasteiger partial charge < -0.3 is 16.8 Å². The molecular weight excluding hydrogens is 256 g/mol. The van der Waals surface area contributed by atoms with Crippen LogP contribution in [0.5, 0.6) is 0 Å². The largest absolute Gasteiger partial charge is 0.399 e. The summed E-state index contributed by atoms with van der Waals surface area (Å²) in [6.45, 7) is 1.92. The van der Waals surface area contributed by atoms with Gasteiger partial charge in [-0.05, 0) is 30.7 Å². The molecule has 2 amide bonds. The minimum Gasteiger partial charge on any atom is -0.399 e. The van der Waals surface area contributed by atoms with Gasteiger partial charge in [0.2, 0.25) is 10.0 Å². The van der Waals surface area contributed by atoms with Gasteiger partial charge in [0, 0.05) is 18.8 Å². The van der Waals surface area contributed by atoms with E-state index in [9.17, 15) is 13.2 Å². The molecule has 0 aliphatic carbocycles. The van der Waals surface area contributed by atoms with E-state index < -0.39 is 16.1 Å². The van der Waals surface area contributed by atoms with Crippen molar-refractivity contribution in [1.29, 1.82) is 0 Å². The summed E-state index contributed by atoms with van der Waals surface area (Å²) in [5.41, 5.74) is 11.7. The van der Waals surface area contributed by atoms with Gasteiger partial charge in [-0.3, -0.25) is 0 Å². The summed E-state index contributed by atoms with van der Waals surface area (Å²) in [6, 6.07) is 3.74. The average Bonchev–Trinajstić information content (AvgIpc) is 2.28. The first kappa shape index (κ1) is 14.3. The van der Waals surface area contributed by atoms with E-state index in [4.69, 9.17) is 11.5 Å². The number of hydrogen-bond acceptors (Lipinski definition) is 4. The highest BCUT2D eigenvalue weighted by Gasteiger charge is 2.13. The van der Waals surface area contributed by atoms with Crippen LogP contribution >= 0.6 is 0 Å². The van der Waals surface area contributed by atoms with Crippen molar-refractivity contribution in [2.75, 3.05) is 18.8 Å². The van der Waals surface area contributed by atoms with Gasteiger partial charge >= 0.3 is 6.03 Å². The lowest BCUT2D eigenvalue weighted by Crippen LogP contribution is -2.37. The fraction of sp³-hybridized carbons (Fsp3) is 0.300. The summed E-state index contributed by atoms with van der Waals surface area (Å²) in [5, 5.41) is 2.28. The second-order valence-electron chi connectivity index (χ2n) is 3.71. The number of sulfonamides is 1. The molecule has 0 radical (unpaired) electrons. The highest BCUT2D eigenvalue weighted by molar-refractivity contribution is 7.89. The number of hydrogen-bond donors (Lipinski definition) is 4. The van der Waals surface area contributed by atoms with Crippen LogP contribution in [0.25, 0.3) is 0 Å². The molecule has 1 aromatic carbocycles. The summed E-state index contributed by atoms with van der Waals surface area (Å²) >= 11 is 0. The Hall–Kier alpha value is -1.80. The van der Waals surface area contributed by atoms with E-state index in [1.54, 1.807) is 6.92 Å². The van der Waals surface area contributed by atoms with Crippen LogP contribution < -0.4 is 21.5 Å². The van der Waals surface area contributed by atoms with Gasteiger partial charge in [-0.25, -0.2) is 17.9 Å². The number of rotatable bonds is 5. The molecule has 8 heteroatoms. The smallest absolute Gasteiger partial charge is 0.312 e. The third-order valence-corrected chi connectivity index (χ3v) is 3.73.